The maximum atomic E-state index is 12.5. The number of rotatable bonds is 5. The number of fused-ring (bicyclic) bond motifs is 1. The highest BCUT2D eigenvalue weighted by Gasteiger charge is 2.21. The summed E-state index contributed by atoms with van der Waals surface area (Å²) >= 11 is 0. The number of nitrogens with one attached hydrogen (secondary N) is 1. The maximum absolute atomic E-state index is 12.5. The Hall–Kier alpha value is -4.13. The van der Waals surface area contributed by atoms with Gasteiger partial charge < -0.3 is 19.2 Å². The lowest BCUT2D eigenvalue weighted by Gasteiger charge is -2.26. The molecule has 32 heavy (non-hydrogen) atoms. The van der Waals surface area contributed by atoms with Gasteiger partial charge >= 0.3 is 0 Å². The van der Waals surface area contributed by atoms with Crippen LogP contribution in [0.3, 0.4) is 0 Å². The Bertz CT molecular complexity index is 1250. The Morgan fingerprint density at radius 1 is 0.938 bits per heavy atom. The second-order valence-electron chi connectivity index (χ2n) is 7.57. The van der Waals surface area contributed by atoms with Crippen molar-refractivity contribution in [1.82, 2.24) is 15.5 Å². The van der Waals surface area contributed by atoms with Gasteiger partial charge in [-0.25, -0.2) is 0 Å². The van der Waals surface area contributed by atoms with Gasteiger partial charge in [-0.3, -0.25) is 4.79 Å². The third-order valence-electron chi connectivity index (χ3n) is 5.14. The van der Waals surface area contributed by atoms with Crippen molar-refractivity contribution in [1.29, 1.82) is 0 Å². The molecule has 1 aliphatic heterocycles. The molecule has 0 fully saturated rings. The molecular formula is C25H21N3O4. The summed E-state index contributed by atoms with van der Waals surface area (Å²) in [6, 6.07) is 22.4. The monoisotopic (exact) mass is 427 g/mol. The highest BCUT2D eigenvalue weighted by Crippen LogP contribution is 2.30. The first-order chi connectivity index (χ1) is 15.7. The number of nitrogens with zero attached hydrogens (tertiary/aromatic N) is 2. The molecule has 1 amide bonds. The van der Waals surface area contributed by atoms with Crippen molar-refractivity contribution in [3.8, 4) is 34.4 Å². The molecule has 5 rings (SSSR count). The fourth-order valence-corrected chi connectivity index (χ4v) is 3.47. The summed E-state index contributed by atoms with van der Waals surface area (Å²) in [6.07, 6.45) is -0.244. The Balaban J connectivity index is 1.21. The van der Waals surface area contributed by atoms with Crippen LogP contribution in [0, 0.1) is 6.92 Å². The quantitative estimate of drug-likeness (QED) is 0.512. The van der Waals surface area contributed by atoms with Crippen LogP contribution in [0.1, 0.15) is 15.9 Å². The molecule has 7 nitrogen and oxygen atoms in total. The molecule has 4 aromatic rings. The summed E-state index contributed by atoms with van der Waals surface area (Å²) < 4.78 is 17.4. The number of ether oxygens (including phenoxy) is 2. The normalized spacial score (nSPS) is 14.7. The molecule has 0 bridgehead atoms. The number of aryl methyl sites for hydroxylation is 1. The van der Waals surface area contributed by atoms with Crippen molar-refractivity contribution in [2.24, 2.45) is 0 Å². The zero-order valence-corrected chi connectivity index (χ0v) is 17.4. The molecule has 0 unspecified atom stereocenters. The predicted molar refractivity (Wildman–Crippen MR) is 119 cm³/mol. The van der Waals surface area contributed by atoms with Gasteiger partial charge in [0.15, 0.2) is 11.5 Å². The van der Waals surface area contributed by atoms with E-state index in [1.807, 2.05) is 55.5 Å². The topological polar surface area (TPSA) is 86.5 Å². The summed E-state index contributed by atoms with van der Waals surface area (Å²) in [5.74, 6) is 2.08. The Kier molecular flexibility index (Phi) is 5.29. The molecule has 2 heterocycles. The summed E-state index contributed by atoms with van der Waals surface area (Å²) in [5.41, 5.74) is 3.26. The van der Waals surface area contributed by atoms with Crippen LogP contribution >= 0.6 is 0 Å². The summed E-state index contributed by atoms with van der Waals surface area (Å²) in [7, 11) is 0. The second kappa shape index (κ2) is 8.55. The molecule has 0 radical (unpaired) electrons. The van der Waals surface area contributed by atoms with Crippen molar-refractivity contribution in [3.63, 3.8) is 0 Å². The lowest BCUT2D eigenvalue weighted by Crippen LogP contribution is -2.40. The second-order valence-corrected chi connectivity index (χ2v) is 7.57. The van der Waals surface area contributed by atoms with Crippen molar-refractivity contribution in [2.45, 2.75) is 13.0 Å². The standard InChI is InChI=1S/C25H21N3O4/c1-16-5-4-6-19(13-16)25-28-27-24(32-25)18-11-9-17(10-12-18)23(29)26-14-20-15-30-21-7-2-3-8-22(21)31-20/h2-13,20H,14-15H2,1H3,(H,26,29)/t20-/m1/s1. The highest BCUT2D eigenvalue weighted by molar-refractivity contribution is 5.94. The Morgan fingerprint density at radius 2 is 1.69 bits per heavy atom. The minimum Gasteiger partial charge on any atom is -0.486 e. The molecule has 1 N–H and O–H groups in total. The summed E-state index contributed by atoms with van der Waals surface area (Å²) in [5, 5.41) is 11.2. The highest BCUT2D eigenvalue weighted by atomic mass is 16.6. The first-order valence-electron chi connectivity index (χ1n) is 10.3. The van der Waals surface area contributed by atoms with E-state index in [2.05, 4.69) is 15.5 Å². The van der Waals surface area contributed by atoms with Gasteiger partial charge in [0.2, 0.25) is 11.8 Å². The number of carbonyl (C=O) groups is 1. The summed E-state index contributed by atoms with van der Waals surface area (Å²) in [6.45, 7) is 2.74. The number of benzene rings is 3. The Labute approximate surface area is 185 Å². The van der Waals surface area contributed by atoms with Gasteiger partial charge in [0.25, 0.3) is 5.91 Å². The number of carbonyl (C=O) groups excluding carboxylic acids is 1. The molecule has 7 heteroatoms. The van der Waals surface area contributed by atoms with Crippen LogP contribution in [0.15, 0.2) is 77.2 Å². The molecule has 0 aliphatic carbocycles. The zero-order valence-electron chi connectivity index (χ0n) is 17.4. The SMILES string of the molecule is Cc1cccc(-c2nnc(-c3ccc(C(=O)NC[C@@H]4COc5ccccc5O4)cc3)o2)c1. The van der Waals surface area contributed by atoms with Gasteiger partial charge in [0.1, 0.15) is 12.7 Å². The van der Waals surface area contributed by atoms with E-state index in [0.717, 1.165) is 22.4 Å². The first-order valence-corrected chi connectivity index (χ1v) is 10.3. The van der Waals surface area contributed by atoms with E-state index in [4.69, 9.17) is 13.9 Å². The van der Waals surface area contributed by atoms with Crippen LogP contribution in [-0.4, -0.2) is 35.4 Å². The van der Waals surface area contributed by atoms with E-state index in [1.165, 1.54) is 0 Å². The number of para-hydroxylation sites is 2. The molecule has 0 saturated carbocycles. The lowest BCUT2D eigenvalue weighted by molar-refractivity contribution is 0.0789. The molecule has 1 aliphatic rings. The zero-order chi connectivity index (χ0) is 21.9. The van der Waals surface area contributed by atoms with Crippen molar-refractivity contribution >= 4 is 5.91 Å². The minimum absolute atomic E-state index is 0.190. The van der Waals surface area contributed by atoms with E-state index in [0.29, 0.717) is 36.2 Å². The van der Waals surface area contributed by atoms with E-state index < -0.39 is 0 Å². The first kappa shape index (κ1) is 19.8. The van der Waals surface area contributed by atoms with Crippen LogP contribution in [0.4, 0.5) is 0 Å². The fraction of sp³-hybridized carbons (Fsp3) is 0.160. The van der Waals surface area contributed by atoms with Gasteiger partial charge in [-0.15, -0.1) is 10.2 Å². The van der Waals surface area contributed by atoms with Gasteiger partial charge in [0.05, 0.1) is 6.54 Å². The fourth-order valence-electron chi connectivity index (χ4n) is 3.47. The molecule has 0 spiro atoms. The lowest BCUT2D eigenvalue weighted by atomic mass is 10.1. The smallest absolute Gasteiger partial charge is 0.251 e. The molecule has 160 valence electrons. The number of hydrogen-bond donors (Lipinski definition) is 1. The predicted octanol–water partition coefficient (Wildman–Crippen LogP) is 4.28. The Morgan fingerprint density at radius 3 is 2.47 bits per heavy atom. The average molecular weight is 427 g/mol. The van der Waals surface area contributed by atoms with Crippen molar-refractivity contribution < 1.29 is 18.7 Å². The number of hydrogen-bond acceptors (Lipinski definition) is 6. The molecule has 0 saturated heterocycles. The summed E-state index contributed by atoms with van der Waals surface area (Å²) in [4.78, 5) is 12.5. The van der Waals surface area contributed by atoms with E-state index in [9.17, 15) is 4.79 Å². The third-order valence-corrected chi connectivity index (χ3v) is 5.14. The van der Waals surface area contributed by atoms with Gasteiger partial charge in [-0.05, 0) is 55.5 Å². The van der Waals surface area contributed by atoms with Gasteiger partial charge in [-0.1, -0.05) is 29.8 Å². The van der Waals surface area contributed by atoms with Crippen LogP contribution in [0.25, 0.3) is 22.9 Å². The minimum atomic E-state index is -0.244. The third kappa shape index (κ3) is 4.18. The number of amides is 1. The van der Waals surface area contributed by atoms with Crippen molar-refractivity contribution in [3.05, 3.63) is 83.9 Å². The molecule has 1 aromatic heterocycles. The van der Waals surface area contributed by atoms with Crippen LogP contribution in [0.5, 0.6) is 11.5 Å². The molecular weight excluding hydrogens is 406 g/mol. The van der Waals surface area contributed by atoms with Gasteiger partial charge in [-0.2, -0.15) is 0 Å². The molecule has 3 aromatic carbocycles. The van der Waals surface area contributed by atoms with Gasteiger partial charge in [0, 0.05) is 16.7 Å². The maximum Gasteiger partial charge on any atom is 0.251 e. The van der Waals surface area contributed by atoms with Crippen LogP contribution in [0.2, 0.25) is 0 Å². The van der Waals surface area contributed by atoms with E-state index in [-0.39, 0.29) is 12.0 Å². The van der Waals surface area contributed by atoms with E-state index >= 15 is 0 Å². The average Bonchev–Trinajstić information content (AvgIpc) is 3.33. The van der Waals surface area contributed by atoms with Crippen molar-refractivity contribution in [2.75, 3.05) is 13.2 Å². The van der Waals surface area contributed by atoms with Crippen LogP contribution < -0.4 is 14.8 Å². The largest absolute Gasteiger partial charge is 0.486 e. The van der Waals surface area contributed by atoms with Crippen LogP contribution in [-0.2, 0) is 0 Å². The number of aromatic nitrogens is 2. The van der Waals surface area contributed by atoms with E-state index in [1.54, 1.807) is 24.3 Å². The molecule has 1 atom stereocenters.